The molecule has 38 heavy (non-hydrogen) atoms. The topological polar surface area (TPSA) is 99.8 Å². The van der Waals surface area contributed by atoms with E-state index in [9.17, 15) is 18.8 Å². The van der Waals surface area contributed by atoms with Crippen LogP contribution in [0.25, 0.3) is 0 Å². The lowest BCUT2D eigenvalue weighted by molar-refractivity contribution is -0.133. The number of alkyl halides is 1. The van der Waals surface area contributed by atoms with E-state index in [2.05, 4.69) is 39.1 Å². The fourth-order valence-corrected chi connectivity index (χ4v) is 5.45. The molecule has 1 aliphatic carbocycles. The largest absolute Gasteiger partial charge is 0.369 e. The maximum atomic E-state index is 13.4. The molecule has 3 N–H and O–H groups in total. The second-order valence-electron chi connectivity index (χ2n) is 10.4. The number of nitrogens with one attached hydrogen (secondary N) is 3. The molecule has 0 aromatic heterocycles. The van der Waals surface area contributed by atoms with Gasteiger partial charge in [0.05, 0.1) is 6.61 Å². The molecule has 3 amide bonds. The Morgan fingerprint density at radius 2 is 2.05 bits per heavy atom. The van der Waals surface area contributed by atoms with Crippen LogP contribution in [-0.4, -0.2) is 68.8 Å². The third kappa shape index (κ3) is 6.62. The Hall–Kier alpha value is -3.20. The van der Waals surface area contributed by atoms with Crippen LogP contribution in [0, 0.1) is 5.92 Å². The monoisotopic (exact) mass is 526 g/mol. The van der Waals surface area contributed by atoms with Gasteiger partial charge in [0.1, 0.15) is 25.4 Å². The number of halogens is 1. The number of benzene rings is 1. The molecule has 1 aromatic rings. The first-order valence-corrected chi connectivity index (χ1v) is 13.6. The van der Waals surface area contributed by atoms with Crippen LogP contribution in [0.3, 0.4) is 0 Å². The van der Waals surface area contributed by atoms with Crippen molar-refractivity contribution in [3.8, 4) is 0 Å². The number of anilines is 1. The predicted molar refractivity (Wildman–Crippen MR) is 145 cm³/mol. The van der Waals surface area contributed by atoms with Gasteiger partial charge in [0.15, 0.2) is 0 Å². The molecule has 0 fully saturated rings. The maximum absolute atomic E-state index is 13.4. The molecule has 1 aromatic carbocycles. The Morgan fingerprint density at radius 1 is 1.24 bits per heavy atom. The molecule has 0 unspecified atom stereocenters. The number of rotatable bonds is 12. The summed E-state index contributed by atoms with van der Waals surface area (Å²) in [5.74, 6) is -0.805. The number of hydrogen-bond donors (Lipinski definition) is 3. The molecule has 3 aliphatic rings. The molecule has 0 radical (unpaired) electrons. The fourth-order valence-electron chi connectivity index (χ4n) is 5.45. The second kappa shape index (κ2) is 13.0. The number of carbonyl (C=O) groups is 3. The molecule has 0 bridgehead atoms. The smallest absolute Gasteiger partial charge is 0.246 e. The number of hydrogen-bond acceptors (Lipinski definition) is 5. The molecule has 0 saturated heterocycles. The molecular formula is C29H39FN4O4. The van der Waals surface area contributed by atoms with Gasteiger partial charge in [-0.15, -0.1) is 0 Å². The van der Waals surface area contributed by atoms with Gasteiger partial charge in [-0.3, -0.25) is 14.4 Å². The van der Waals surface area contributed by atoms with Crippen LogP contribution < -0.4 is 20.9 Å². The highest BCUT2D eigenvalue weighted by atomic mass is 19.1. The van der Waals surface area contributed by atoms with Gasteiger partial charge >= 0.3 is 0 Å². The van der Waals surface area contributed by atoms with Gasteiger partial charge in [-0.2, -0.15) is 0 Å². The zero-order valence-electron chi connectivity index (χ0n) is 22.3. The molecule has 9 heteroatoms. The lowest BCUT2D eigenvalue weighted by atomic mass is 9.97. The summed E-state index contributed by atoms with van der Waals surface area (Å²) in [4.78, 5) is 41.2. The zero-order chi connectivity index (χ0) is 27.1. The van der Waals surface area contributed by atoms with Crippen LogP contribution >= 0.6 is 0 Å². The standard InChI is InChI=1S/C29H39FN4O4/c1-3-19(2)26(33-25(35)18-38-14-13-30)29(37)32-23-12-11-21-9-6-10-22-15-24(34(17-23)27(21)22)28(36)31-16-20-7-4-5-8-20/h4-7,9-10,19,23-24,26H,3,8,11-18H2,1-2H3,(H,31,36)(H,32,37)(H,33,35)/t19-,23-,24-,26-/m0/s1. The third-order valence-corrected chi connectivity index (χ3v) is 7.71. The van der Waals surface area contributed by atoms with Gasteiger partial charge in [0.25, 0.3) is 0 Å². The van der Waals surface area contributed by atoms with Crippen LogP contribution in [0.4, 0.5) is 10.1 Å². The minimum Gasteiger partial charge on any atom is -0.369 e. The van der Waals surface area contributed by atoms with E-state index in [1.54, 1.807) is 0 Å². The van der Waals surface area contributed by atoms with E-state index in [0.29, 0.717) is 25.9 Å². The van der Waals surface area contributed by atoms with Gasteiger partial charge < -0.3 is 25.6 Å². The summed E-state index contributed by atoms with van der Waals surface area (Å²) < 4.78 is 17.3. The van der Waals surface area contributed by atoms with Crippen molar-refractivity contribution in [3.63, 3.8) is 0 Å². The van der Waals surface area contributed by atoms with E-state index in [0.717, 1.165) is 30.5 Å². The summed E-state index contributed by atoms with van der Waals surface area (Å²) in [6, 6.07) is 4.97. The zero-order valence-corrected chi connectivity index (χ0v) is 22.3. The summed E-state index contributed by atoms with van der Waals surface area (Å²) in [7, 11) is 0. The number of aryl methyl sites for hydroxylation is 1. The lowest BCUT2D eigenvalue weighted by Crippen LogP contribution is -2.56. The molecular weight excluding hydrogens is 487 g/mol. The Balaban J connectivity index is 1.44. The van der Waals surface area contributed by atoms with Gasteiger partial charge in [0.2, 0.25) is 17.7 Å². The number of carbonyl (C=O) groups excluding carboxylic acids is 3. The Labute approximate surface area is 224 Å². The van der Waals surface area contributed by atoms with Gasteiger partial charge in [0, 0.05) is 31.2 Å². The number of allylic oxidation sites excluding steroid dienone is 3. The van der Waals surface area contributed by atoms with Crippen LogP contribution in [0.1, 0.15) is 44.2 Å². The molecule has 4 rings (SSSR count). The van der Waals surface area contributed by atoms with Gasteiger partial charge in [-0.1, -0.05) is 56.7 Å². The second-order valence-corrected chi connectivity index (χ2v) is 10.4. The van der Waals surface area contributed by atoms with E-state index >= 15 is 0 Å². The predicted octanol–water partition coefficient (Wildman–Crippen LogP) is 2.37. The van der Waals surface area contributed by atoms with Crippen LogP contribution in [-0.2, 0) is 32.0 Å². The van der Waals surface area contributed by atoms with E-state index in [1.807, 2.05) is 32.1 Å². The van der Waals surface area contributed by atoms with E-state index in [1.165, 1.54) is 11.1 Å². The normalized spacial score (nSPS) is 21.2. The molecule has 4 atom stereocenters. The highest BCUT2D eigenvalue weighted by Gasteiger charge is 2.39. The molecule has 0 saturated carbocycles. The van der Waals surface area contributed by atoms with Crippen molar-refractivity contribution in [1.82, 2.24) is 16.0 Å². The summed E-state index contributed by atoms with van der Waals surface area (Å²) in [5, 5.41) is 9.04. The molecule has 2 heterocycles. The van der Waals surface area contributed by atoms with E-state index in [-0.39, 0.29) is 43.0 Å². The Morgan fingerprint density at radius 3 is 2.79 bits per heavy atom. The Kier molecular flexibility index (Phi) is 9.55. The molecule has 206 valence electrons. The highest BCUT2D eigenvalue weighted by Crippen LogP contribution is 2.38. The Bertz CT molecular complexity index is 1090. The first-order valence-electron chi connectivity index (χ1n) is 13.6. The average molecular weight is 527 g/mol. The molecule has 2 aliphatic heterocycles. The quantitative estimate of drug-likeness (QED) is 0.363. The number of para-hydroxylation sites is 1. The first kappa shape index (κ1) is 27.8. The highest BCUT2D eigenvalue weighted by molar-refractivity contribution is 5.90. The van der Waals surface area contributed by atoms with E-state index in [4.69, 9.17) is 4.74 Å². The van der Waals surface area contributed by atoms with Gasteiger partial charge in [-0.05, 0) is 41.9 Å². The van der Waals surface area contributed by atoms with Crippen molar-refractivity contribution in [2.45, 2.75) is 64.1 Å². The van der Waals surface area contributed by atoms with Gasteiger partial charge in [-0.25, -0.2) is 4.39 Å². The average Bonchev–Trinajstić information content (AvgIpc) is 3.52. The summed E-state index contributed by atoms with van der Waals surface area (Å²) in [6.45, 7) is 3.81. The number of amides is 3. The summed E-state index contributed by atoms with van der Waals surface area (Å²) in [5.41, 5.74) is 4.65. The van der Waals surface area contributed by atoms with Crippen molar-refractivity contribution >= 4 is 23.4 Å². The molecule has 0 spiro atoms. The number of ether oxygens (including phenoxy) is 1. The fraction of sp³-hybridized carbons (Fsp3) is 0.552. The van der Waals surface area contributed by atoms with Crippen LogP contribution in [0.15, 0.2) is 42.0 Å². The molecule has 8 nitrogen and oxygen atoms in total. The minimum atomic E-state index is -0.728. The third-order valence-electron chi connectivity index (χ3n) is 7.71. The first-order chi connectivity index (χ1) is 18.4. The van der Waals surface area contributed by atoms with Crippen LogP contribution in [0.5, 0.6) is 0 Å². The van der Waals surface area contributed by atoms with Crippen molar-refractivity contribution in [3.05, 3.63) is 53.1 Å². The van der Waals surface area contributed by atoms with Crippen molar-refractivity contribution < 1.29 is 23.5 Å². The van der Waals surface area contributed by atoms with Crippen LogP contribution in [0.2, 0.25) is 0 Å². The summed E-state index contributed by atoms with van der Waals surface area (Å²) >= 11 is 0. The SMILES string of the molecule is CC[C@H](C)[C@H](NC(=O)COCCF)C(=O)N[C@H]1CCc2cccc3c2N(C1)[C@H](C(=O)NCC1=CC=CC1)C3. The lowest BCUT2D eigenvalue weighted by Gasteiger charge is -2.31. The maximum Gasteiger partial charge on any atom is 0.246 e. The number of nitrogens with zero attached hydrogens (tertiary/aromatic N) is 1. The summed E-state index contributed by atoms with van der Waals surface area (Å²) in [6.07, 6.45) is 9.84. The van der Waals surface area contributed by atoms with Crippen molar-refractivity contribution in [2.24, 2.45) is 5.92 Å². The van der Waals surface area contributed by atoms with Crippen molar-refractivity contribution in [2.75, 3.05) is 37.9 Å². The van der Waals surface area contributed by atoms with Crippen molar-refractivity contribution in [1.29, 1.82) is 0 Å². The van der Waals surface area contributed by atoms with E-state index < -0.39 is 18.6 Å². The minimum absolute atomic E-state index is 0.00930.